The number of hydrogen-bond donors (Lipinski definition) is 1. The Kier molecular flexibility index (Phi) is 4.90. The van der Waals surface area contributed by atoms with Gasteiger partial charge < -0.3 is 14.4 Å². The Balaban J connectivity index is 1.64. The van der Waals surface area contributed by atoms with Crippen LogP contribution in [0.3, 0.4) is 0 Å². The third kappa shape index (κ3) is 4.31. The van der Waals surface area contributed by atoms with Crippen LogP contribution in [0, 0.1) is 0 Å². The summed E-state index contributed by atoms with van der Waals surface area (Å²) < 4.78 is 11.0. The predicted octanol–water partition coefficient (Wildman–Crippen LogP) is 3.30. The number of anilines is 1. The van der Waals surface area contributed by atoms with Gasteiger partial charge in [0.15, 0.2) is 0 Å². The van der Waals surface area contributed by atoms with Crippen molar-refractivity contribution in [1.82, 2.24) is 4.90 Å². The first-order valence-corrected chi connectivity index (χ1v) is 7.65. The third-order valence-corrected chi connectivity index (χ3v) is 3.73. The molecule has 1 aliphatic heterocycles. The van der Waals surface area contributed by atoms with E-state index in [1.807, 2.05) is 42.5 Å². The number of likely N-dealkylation sites (N-methyl/N-ethyl adjacent to an activating group) is 1. The van der Waals surface area contributed by atoms with E-state index in [-0.39, 0.29) is 6.10 Å². The number of morpholine rings is 1. The molecule has 1 unspecified atom stereocenters. The van der Waals surface area contributed by atoms with E-state index in [9.17, 15) is 4.79 Å². The second-order valence-corrected chi connectivity index (χ2v) is 5.57. The monoisotopic (exact) mass is 312 g/mol. The summed E-state index contributed by atoms with van der Waals surface area (Å²) >= 11 is 0. The SMILES string of the molecule is CN1CCOC(c2cccc(NC(=O)Oc3ccccc3)c2)C1. The number of rotatable bonds is 3. The number of para-hydroxylation sites is 1. The number of amides is 1. The van der Waals surface area contributed by atoms with Crippen LogP contribution in [0.15, 0.2) is 54.6 Å². The minimum absolute atomic E-state index is 0.0284. The Morgan fingerprint density at radius 2 is 2.04 bits per heavy atom. The average Bonchev–Trinajstić information content (AvgIpc) is 2.56. The van der Waals surface area contributed by atoms with Crippen LogP contribution in [0.2, 0.25) is 0 Å². The van der Waals surface area contributed by atoms with E-state index in [2.05, 4.69) is 17.3 Å². The Bertz CT molecular complexity index is 660. The molecule has 1 N–H and O–H groups in total. The fourth-order valence-electron chi connectivity index (χ4n) is 2.54. The molecule has 0 radical (unpaired) electrons. The van der Waals surface area contributed by atoms with E-state index >= 15 is 0 Å². The lowest BCUT2D eigenvalue weighted by Gasteiger charge is -2.30. The number of carbonyl (C=O) groups excluding carboxylic acids is 1. The van der Waals surface area contributed by atoms with Crippen molar-refractivity contribution in [3.63, 3.8) is 0 Å². The molecule has 5 heteroatoms. The molecular formula is C18H20N2O3. The van der Waals surface area contributed by atoms with Crippen molar-refractivity contribution >= 4 is 11.8 Å². The van der Waals surface area contributed by atoms with E-state index in [4.69, 9.17) is 9.47 Å². The Labute approximate surface area is 135 Å². The molecule has 23 heavy (non-hydrogen) atoms. The summed E-state index contributed by atoms with van der Waals surface area (Å²) in [5, 5.41) is 2.75. The Morgan fingerprint density at radius 3 is 2.83 bits per heavy atom. The highest BCUT2D eigenvalue weighted by atomic mass is 16.6. The zero-order valence-electron chi connectivity index (χ0n) is 13.1. The number of ether oxygens (including phenoxy) is 2. The van der Waals surface area contributed by atoms with Crippen molar-refractivity contribution < 1.29 is 14.3 Å². The Hall–Kier alpha value is -2.37. The van der Waals surface area contributed by atoms with Crippen LogP contribution in [0.1, 0.15) is 11.7 Å². The van der Waals surface area contributed by atoms with Crippen molar-refractivity contribution in [2.45, 2.75) is 6.10 Å². The van der Waals surface area contributed by atoms with Gasteiger partial charge in [0.1, 0.15) is 5.75 Å². The third-order valence-electron chi connectivity index (χ3n) is 3.73. The quantitative estimate of drug-likeness (QED) is 0.945. The highest BCUT2D eigenvalue weighted by Crippen LogP contribution is 2.24. The van der Waals surface area contributed by atoms with Crippen LogP contribution >= 0.6 is 0 Å². The predicted molar refractivity (Wildman–Crippen MR) is 88.7 cm³/mol. The van der Waals surface area contributed by atoms with Gasteiger partial charge in [-0.05, 0) is 36.9 Å². The van der Waals surface area contributed by atoms with E-state index < -0.39 is 6.09 Å². The molecule has 3 rings (SSSR count). The van der Waals surface area contributed by atoms with Gasteiger partial charge >= 0.3 is 6.09 Å². The van der Waals surface area contributed by atoms with Crippen LogP contribution in [-0.2, 0) is 4.74 Å². The second-order valence-electron chi connectivity index (χ2n) is 5.57. The van der Waals surface area contributed by atoms with Gasteiger partial charge in [0.2, 0.25) is 0 Å². The number of nitrogens with one attached hydrogen (secondary N) is 1. The van der Waals surface area contributed by atoms with Gasteiger partial charge in [0.25, 0.3) is 0 Å². The summed E-state index contributed by atoms with van der Waals surface area (Å²) in [5.74, 6) is 0.512. The maximum Gasteiger partial charge on any atom is 0.417 e. The molecule has 1 atom stereocenters. The summed E-state index contributed by atoms with van der Waals surface area (Å²) in [6.07, 6.45) is -0.476. The standard InChI is InChI=1S/C18H20N2O3/c1-20-10-11-22-17(13-20)14-6-5-7-15(12-14)19-18(21)23-16-8-3-2-4-9-16/h2-9,12,17H,10-11,13H2,1H3,(H,19,21). The Morgan fingerprint density at radius 1 is 1.22 bits per heavy atom. The van der Waals surface area contributed by atoms with E-state index in [1.54, 1.807) is 12.1 Å². The van der Waals surface area contributed by atoms with Gasteiger partial charge in [-0.2, -0.15) is 0 Å². The fraction of sp³-hybridized carbons (Fsp3) is 0.278. The summed E-state index contributed by atoms with van der Waals surface area (Å²) in [6, 6.07) is 16.7. The summed E-state index contributed by atoms with van der Waals surface area (Å²) in [5.41, 5.74) is 1.74. The lowest BCUT2D eigenvalue weighted by atomic mass is 10.1. The normalized spacial score (nSPS) is 18.4. The smallest absolute Gasteiger partial charge is 0.410 e. The molecule has 120 valence electrons. The fourth-order valence-corrected chi connectivity index (χ4v) is 2.54. The van der Waals surface area contributed by atoms with Crippen LogP contribution in [0.4, 0.5) is 10.5 Å². The highest BCUT2D eigenvalue weighted by Gasteiger charge is 2.19. The molecule has 2 aromatic carbocycles. The minimum Gasteiger partial charge on any atom is -0.410 e. The molecule has 1 heterocycles. The molecule has 1 aliphatic rings. The summed E-state index contributed by atoms with van der Waals surface area (Å²) in [4.78, 5) is 14.2. The van der Waals surface area contributed by atoms with Gasteiger partial charge in [0, 0.05) is 18.8 Å². The van der Waals surface area contributed by atoms with Crippen LogP contribution in [0.5, 0.6) is 5.75 Å². The van der Waals surface area contributed by atoms with Crippen LogP contribution in [0.25, 0.3) is 0 Å². The molecule has 0 saturated carbocycles. The van der Waals surface area contributed by atoms with Crippen molar-refractivity contribution in [2.75, 3.05) is 32.1 Å². The first kappa shape index (κ1) is 15.5. The summed E-state index contributed by atoms with van der Waals surface area (Å²) in [6.45, 7) is 2.50. The van der Waals surface area contributed by atoms with Crippen molar-refractivity contribution in [3.05, 3.63) is 60.2 Å². The van der Waals surface area contributed by atoms with Crippen molar-refractivity contribution in [3.8, 4) is 5.75 Å². The maximum atomic E-state index is 11.9. The topological polar surface area (TPSA) is 50.8 Å². The molecular weight excluding hydrogens is 292 g/mol. The lowest BCUT2D eigenvalue weighted by molar-refractivity contribution is -0.0208. The van der Waals surface area contributed by atoms with Gasteiger partial charge in [0.05, 0.1) is 12.7 Å². The largest absolute Gasteiger partial charge is 0.417 e. The van der Waals surface area contributed by atoms with Crippen LogP contribution < -0.4 is 10.1 Å². The average molecular weight is 312 g/mol. The van der Waals surface area contributed by atoms with E-state index in [0.29, 0.717) is 11.4 Å². The molecule has 0 bridgehead atoms. The molecule has 5 nitrogen and oxygen atoms in total. The van der Waals surface area contributed by atoms with Crippen molar-refractivity contribution in [2.24, 2.45) is 0 Å². The summed E-state index contributed by atoms with van der Waals surface area (Å²) in [7, 11) is 2.08. The van der Waals surface area contributed by atoms with Gasteiger partial charge in [-0.15, -0.1) is 0 Å². The highest BCUT2D eigenvalue weighted by molar-refractivity contribution is 5.86. The minimum atomic E-state index is -0.505. The first-order chi connectivity index (χ1) is 11.2. The number of benzene rings is 2. The molecule has 0 aromatic heterocycles. The molecule has 1 fully saturated rings. The molecule has 0 aliphatic carbocycles. The zero-order chi connectivity index (χ0) is 16.1. The number of hydrogen-bond acceptors (Lipinski definition) is 4. The molecule has 2 aromatic rings. The lowest BCUT2D eigenvalue weighted by Crippen LogP contribution is -2.35. The van der Waals surface area contributed by atoms with Gasteiger partial charge in [-0.1, -0.05) is 30.3 Å². The first-order valence-electron chi connectivity index (χ1n) is 7.65. The van der Waals surface area contributed by atoms with Crippen LogP contribution in [-0.4, -0.2) is 37.7 Å². The molecule has 1 amide bonds. The second kappa shape index (κ2) is 7.26. The van der Waals surface area contributed by atoms with E-state index in [1.165, 1.54) is 0 Å². The molecule has 1 saturated heterocycles. The van der Waals surface area contributed by atoms with Crippen molar-refractivity contribution in [1.29, 1.82) is 0 Å². The van der Waals surface area contributed by atoms with Gasteiger partial charge in [-0.25, -0.2) is 4.79 Å². The zero-order valence-corrected chi connectivity index (χ0v) is 13.1. The number of carbonyl (C=O) groups is 1. The molecule has 0 spiro atoms. The van der Waals surface area contributed by atoms with Gasteiger partial charge in [-0.3, -0.25) is 5.32 Å². The number of nitrogens with zero attached hydrogens (tertiary/aromatic N) is 1. The maximum absolute atomic E-state index is 11.9. The van der Waals surface area contributed by atoms with E-state index in [0.717, 1.165) is 25.3 Å².